The number of carbonyl (C=O) groups is 1. The number of hydrogen-bond donors (Lipinski definition) is 3. The van der Waals surface area contributed by atoms with Crippen molar-refractivity contribution < 1.29 is 9.53 Å². The van der Waals surface area contributed by atoms with Crippen molar-refractivity contribution in [2.24, 2.45) is 0 Å². The fourth-order valence-electron chi connectivity index (χ4n) is 2.89. The molecule has 0 spiro atoms. The van der Waals surface area contributed by atoms with Gasteiger partial charge in [-0.1, -0.05) is 18.2 Å². The number of amides is 1. The number of para-hydroxylation sites is 1. The molecule has 0 aliphatic carbocycles. The third kappa shape index (κ3) is 3.56. The van der Waals surface area contributed by atoms with Crippen molar-refractivity contribution in [1.29, 1.82) is 0 Å². The van der Waals surface area contributed by atoms with Gasteiger partial charge < -0.3 is 15.0 Å². The first-order valence-corrected chi connectivity index (χ1v) is 7.85. The summed E-state index contributed by atoms with van der Waals surface area (Å²) < 4.78 is 5.64. The molecule has 1 amide bonds. The highest BCUT2D eigenvalue weighted by Crippen LogP contribution is 2.23. The molecule has 24 heavy (non-hydrogen) atoms. The average molecular weight is 329 g/mol. The molecular formula is C17H19N3O4. The minimum atomic E-state index is -0.538. The van der Waals surface area contributed by atoms with E-state index in [4.69, 9.17) is 4.74 Å². The van der Waals surface area contributed by atoms with Gasteiger partial charge >= 0.3 is 5.69 Å². The second-order valence-corrected chi connectivity index (χ2v) is 5.90. The van der Waals surface area contributed by atoms with E-state index in [0.29, 0.717) is 17.9 Å². The van der Waals surface area contributed by atoms with Crippen molar-refractivity contribution in [2.45, 2.75) is 32.2 Å². The highest BCUT2D eigenvalue weighted by molar-refractivity contribution is 5.76. The van der Waals surface area contributed by atoms with E-state index in [1.54, 1.807) is 6.92 Å². The van der Waals surface area contributed by atoms with Gasteiger partial charge in [-0.3, -0.25) is 14.6 Å². The van der Waals surface area contributed by atoms with Crippen molar-refractivity contribution in [2.75, 3.05) is 6.61 Å². The Bertz CT molecular complexity index is 869. The fourth-order valence-corrected chi connectivity index (χ4v) is 2.89. The van der Waals surface area contributed by atoms with E-state index in [0.717, 1.165) is 17.7 Å². The molecule has 7 nitrogen and oxygen atoms in total. The molecule has 126 valence electrons. The lowest BCUT2D eigenvalue weighted by Gasteiger charge is -2.26. The molecule has 0 fully saturated rings. The second-order valence-electron chi connectivity index (χ2n) is 5.90. The Morgan fingerprint density at radius 2 is 2.08 bits per heavy atom. The number of H-pyrrole nitrogens is 2. The minimum absolute atomic E-state index is 0.0811. The van der Waals surface area contributed by atoms with Crippen LogP contribution in [0.5, 0.6) is 5.75 Å². The van der Waals surface area contributed by atoms with Gasteiger partial charge in [0.05, 0.1) is 6.04 Å². The van der Waals surface area contributed by atoms with Crippen LogP contribution in [0.1, 0.15) is 23.2 Å². The number of aromatic amines is 2. The average Bonchev–Trinajstić information content (AvgIpc) is 2.53. The first-order valence-electron chi connectivity index (χ1n) is 7.85. The van der Waals surface area contributed by atoms with Crippen LogP contribution < -0.4 is 21.3 Å². The Kier molecular flexibility index (Phi) is 4.50. The molecular weight excluding hydrogens is 310 g/mol. The van der Waals surface area contributed by atoms with Gasteiger partial charge in [-0.25, -0.2) is 4.79 Å². The molecule has 1 aliphatic heterocycles. The summed E-state index contributed by atoms with van der Waals surface area (Å²) >= 11 is 0. The fraction of sp³-hybridized carbons (Fsp3) is 0.353. The van der Waals surface area contributed by atoms with E-state index in [9.17, 15) is 14.4 Å². The summed E-state index contributed by atoms with van der Waals surface area (Å²) in [6, 6.07) is 7.68. The van der Waals surface area contributed by atoms with Gasteiger partial charge in [-0.05, 0) is 31.4 Å². The van der Waals surface area contributed by atoms with Gasteiger partial charge in [0.2, 0.25) is 5.91 Å². The maximum atomic E-state index is 12.1. The zero-order valence-electron chi connectivity index (χ0n) is 13.3. The lowest BCUT2D eigenvalue weighted by atomic mass is 10.0. The van der Waals surface area contributed by atoms with Crippen molar-refractivity contribution in [3.63, 3.8) is 0 Å². The lowest BCUT2D eigenvalue weighted by molar-refractivity contribution is -0.122. The molecule has 0 saturated heterocycles. The van der Waals surface area contributed by atoms with Crippen molar-refractivity contribution in [1.82, 2.24) is 15.3 Å². The van der Waals surface area contributed by atoms with Crippen LogP contribution in [-0.4, -0.2) is 28.5 Å². The quantitative estimate of drug-likeness (QED) is 0.756. The predicted molar refractivity (Wildman–Crippen MR) is 88.3 cm³/mol. The summed E-state index contributed by atoms with van der Waals surface area (Å²) in [7, 11) is 0. The number of nitrogens with one attached hydrogen (secondary N) is 3. The smallest absolute Gasteiger partial charge is 0.325 e. The summed E-state index contributed by atoms with van der Waals surface area (Å²) in [5, 5.41) is 2.93. The van der Waals surface area contributed by atoms with Crippen LogP contribution in [0.3, 0.4) is 0 Å². The van der Waals surface area contributed by atoms with E-state index >= 15 is 0 Å². The summed E-state index contributed by atoms with van der Waals surface area (Å²) in [6.07, 6.45) is 1.17. The topological polar surface area (TPSA) is 104 Å². The number of aromatic nitrogens is 2. The van der Waals surface area contributed by atoms with Gasteiger partial charge in [0.15, 0.2) is 0 Å². The molecule has 0 bridgehead atoms. The highest BCUT2D eigenvalue weighted by Gasteiger charge is 2.21. The van der Waals surface area contributed by atoms with Gasteiger partial charge in [0, 0.05) is 17.7 Å². The zero-order valence-corrected chi connectivity index (χ0v) is 13.3. The van der Waals surface area contributed by atoms with Crippen molar-refractivity contribution >= 4 is 5.91 Å². The van der Waals surface area contributed by atoms with Crippen LogP contribution >= 0.6 is 0 Å². The highest BCUT2D eigenvalue weighted by atomic mass is 16.5. The van der Waals surface area contributed by atoms with E-state index in [1.807, 2.05) is 24.3 Å². The monoisotopic (exact) mass is 329 g/mol. The third-order valence-corrected chi connectivity index (χ3v) is 4.10. The summed E-state index contributed by atoms with van der Waals surface area (Å²) in [6.45, 7) is 2.08. The van der Waals surface area contributed by atoms with Crippen LogP contribution in [0, 0.1) is 6.92 Å². The maximum absolute atomic E-state index is 12.1. The van der Waals surface area contributed by atoms with Gasteiger partial charge in [0.25, 0.3) is 5.56 Å². The maximum Gasteiger partial charge on any atom is 0.325 e. The van der Waals surface area contributed by atoms with E-state index in [2.05, 4.69) is 15.3 Å². The number of hydrogen-bond acceptors (Lipinski definition) is 4. The summed E-state index contributed by atoms with van der Waals surface area (Å²) in [4.78, 5) is 39.8. The first-order chi connectivity index (χ1) is 11.5. The van der Waals surface area contributed by atoms with E-state index in [-0.39, 0.29) is 24.8 Å². The molecule has 0 radical (unpaired) electrons. The van der Waals surface area contributed by atoms with E-state index in [1.165, 1.54) is 0 Å². The van der Waals surface area contributed by atoms with Gasteiger partial charge in [-0.15, -0.1) is 0 Å². The Morgan fingerprint density at radius 1 is 1.29 bits per heavy atom. The second kappa shape index (κ2) is 6.74. The van der Waals surface area contributed by atoms with Crippen molar-refractivity contribution in [3.05, 3.63) is 61.9 Å². The number of fused-ring (bicyclic) bond motifs is 1. The minimum Gasteiger partial charge on any atom is -0.491 e. The summed E-state index contributed by atoms with van der Waals surface area (Å²) in [5.74, 6) is 0.714. The Morgan fingerprint density at radius 3 is 2.88 bits per heavy atom. The molecule has 2 heterocycles. The molecule has 0 saturated carbocycles. The molecule has 1 aromatic carbocycles. The number of carbonyl (C=O) groups excluding carboxylic acids is 1. The molecule has 0 unspecified atom stereocenters. The molecule has 1 aliphatic rings. The Balaban J connectivity index is 1.58. The number of benzene rings is 1. The van der Waals surface area contributed by atoms with Gasteiger partial charge in [0.1, 0.15) is 12.4 Å². The third-order valence-electron chi connectivity index (χ3n) is 4.10. The van der Waals surface area contributed by atoms with Crippen LogP contribution in [0.2, 0.25) is 0 Å². The SMILES string of the molecule is Cc1[nH]c(=O)[nH]c(=O)c1CCC(=O)N[C@H]1COc2ccccc2C1. The van der Waals surface area contributed by atoms with Gasteiger partial charge in [-0.2, -0.15) is 0 Å². The van der Waals surface area contributed by atoms with Crippen LogP contribution in [0.4, 0.5) is 0 Å². The van der Waals surface area contributed by atoms with Crippen LogP contribution in [0.25, 0.3) is 0 Å². The van der Waals surface area contributed by atoms with Crippen LogP contribution in [0.15, 0.2) is 33.9 Å². The predicted octanol–water partition coefficient (Wildman–Crippen LogP) is 0.424. The largest absolute Gasteiger partial charge is 0.491 e. The number of ether oxygens (including phenoxy) is 1. The lowest BCUT2D eigenvalue weighted by Crippen LogP contribution is -2.43. The molecule has 3 rings (SSSR count). The standard InChI is InChI=1S/C17H19N3O4/c1-10-13(16(22)20-17(23)18-10)6-7-15(21)19-12-8-11-4-2-3-5-14(11)24-9-12/h2-5,12H,6-9H2,1H3,(H,19,21)(H2,18,20,22,23)/t12-/m1/s1. The first kappa shape index (κ1) is 16.0. The van der Waals surface area contributed by atoms with Crippen LogP contribution in [-0.2, 0) is 17.6 Å². The number of rotatable bonds is 4. The molecule has 1 atom stereocenters. The zero-order chi connectivity index (χ0) is 17.1. The molecule has 3 N–H and O–H groups in total. The summed E-state index contributed by atoms with van der Waals surface area (Å²) in [5.41, 5.74) is 1.01. The molecule has 7 heteroatoms. The Labute approximate surface area is 138 Å². The molecule has 2 aromatic rings. The van der Waals surface area contributed by atoms with E-state index < -0.39 is 11.2 Å². The van der Waals surface area contributed by atoms with Crippen molar-refractivity contribution in [3.8, 4) is 5.75 Å². The molecule has 1 aromatic heterocycles. The number of aryl methyl sites for hydroxylation is 1. The Hall–Kier alpha value is -2.83. The normalized spacial score (nSPS) is 16.1.